The Kier molecular flexibility index (Phi) is 9.93. The lowest BCUT2D eigenvalue weighted by Crippen LogP contribution is -2.06. The summed E-state index contributed by atoms with van der Waals surface area (Å²) in [5, 5.41) is 11.3. The lowest BCUT2D eigenvalue weighted by atomic mass is 10.2. The predicted octanol–water partition coefficient (Wildman–Crippen LogP) is 4.77. The van der Waals surface area contributed by atoms with Crippen molar-refractivity contribution in [3.8, 4) is 18.1 Å². The number of rotatable bonds is 4. The molecule has 8 heteroatoms. The lowest BCUT2D eigenvalue weighted by Gasteiger charge is -2.03. The van der Waals surface area contributed by atoms with E-state index in [1.165, 1.54) is 12.1 Å². The molecule has 24 heavy (non-hydrogen) atoms. The number of aromatic hydroxyl groups is 1. The number of halogens is 5. The fraction of sp³-hybridized carbons (Fsp3) is 0.188. The summed E-state index contributed by atoms with van der Waals surface area (Å²) >= 11 is 8.49. The lowest BCUT2D eigenvalue weighted by molar-refractivity contribution is -0.125. The average Bonchev–Trinajstić information content (AvgIpc) is 2.49. The zero-order chi connectivity index (χ0) is 18.8. The molecule has 3 nitrogen and oxygen atoms in total. The number of hydrogen-bond donors (Lipinski definition) is 2. The Morgan fingerprint density at radius 2 is 2.08 bits per heavy atom. The molecule has 0 spiro atoms. The van der Waals surface area contributed by atoms with Crippen molar-refractivity contribution in [1.29, 1.82) is 0 Å². The van der Waals surface area contributed by atoms with Crippen molar-refractivity contribution in [1.82, 2.24) is 5.32 Å². The Morgan fingerprint density at radius 1 is 1.46 bits per heavy atom. The van der Waals surface area contributed by atoms with E-state index in [-0.39, 0.29) is 10.8 Å². The molecule has 0 fully saturated rings. The van der Waals surface area contributed by atoms with Gasteiger partial charge in [-0.1, -0.05) is 33.5 Å². The molecule has 0 aliphatic heterocycles. The van der Waals surface area contributed by atoms with Crippen LogP contribution in [0.25, 0.3) is 0 Å². The largest absolute Gasteiger partial charge is 0.507 e. The molecule has 1 aromatic rings. The minimum atomic E-state index is -4.29. The van der Waals surface area contributed by atoms with Crippen LogP contribution in [-0.2, 0) is 0 Å². The number of hydrogen-bond acceptors (Lipinski definition) is 3. The molecule has 0 heterocycles. The Morgan fingerprint density at radius 3 is 2.50 bits per heavy atom. The van der Waals surface area contributed by atoms with Gasteiger partial charge in [0.15, 0.2) is 6.29 Å². The summed E-state index contributed by atoms with van der Waals surface area (Å²) in [6.07, 6.45) is 2.63. The van der Waals surface area contributed by atoms with Crippen molar-refractivity contribution >= 4 is 33.8 Å². The van der Waals surface area contributed by atoms with E-state index in [9.17, 15) is 18.0 Å². The fourth-order valence-electron chi connectivity index (χ4n) is 1.25. The quantitative estimate of drug-likeness (QED) is 0.416. The fourth-order valence-corrected chi connectivity index (χ4v) is 1.84. The summed E-state index contributed by atoms with van der Waals surface area (Å²) in [7, 11) is 1.57. The molecule has 0 unspecified atom stereocenters. The van der Waals surface area contributed by atoms with Gasteiger partial charge in [0.2, 0.25) is 0 Å². The van der Waals surface area contributed by atoms with E-state index < -0.39 is 12.6 Å². The summed E-state index contributed by atoms with van der Waals surface area (Å²) in [6.45, 7) is 0. The van der Waals surface area contributed by atoms with Gasteiger partial charge in [-0.05, 0) is 30.4 Å². The molecule has 0 atom stereocenters. The van der Waals surface area contributed by atoms with E-state index in [4.69, 9.17) is 23.1 Å². The van der Waals surface area contributed by atoms with Gasteiger partial charge >= 0.3 is 6.18 Å². The van der Waals surface area contributed by atoms with Gasteiger partial charge in [0.05, 0.1) is 17.7 Å². The topological polar surface area (TPSA) is 49.3 Å². The highest BCUT2D eigenvalue weighted by Gasteiger charge is 2.27. The normalized spacial score (nSPS) is 11.9. The number of terminal acetylenes is 1. The highest BCUT2D eigenvalue weighted by molar-refractivity contribution is 9.10. The molecule has 0 aliphatic carbocycles. The summed E-state index contributed by atoms with van der Waals surface area (Å²) < 4.78 is 36.2. The number of carbonyl (C=O) groups excluding carboxylic acids is 1. The number of allylic oxidation sites excluding steroid dienone is 4. The third kappa shape index (κ3) is 9.98. The molecule has 1 aromatic carbocycles. The van der Waals surface area contributed by atoms with Gasteiger partial charge in [0.25, 0.3) is 0 Å². The average molecular weight is 425 g/mol. The Balaban J connectivity index is 0.000000463. The van der Waals surface area contributed by atoms with Crippen LogP contribution in [0.5, 0.6) is 5.75 Å². The third-order valence-corrected chi connectivity index (χ3v) is 3.09. The number of alkyl halides is 3. The van der Waals surface area contributed by atoms with Gasteiger partial charge in [-0.3, -0.25) is 4.79 Å². The highest BCUT2D eigenvalue weighted by atomic mass is 79.9. The van der Waals surface area contributed by atoms with Crippen LogP contribution in [0.3, 0.4) is 0 Å². The van der Waals surface area contributed by atoms with Crippen molar-refractivity contribution in [3.63, 3.8) is 0 Å². The summed E-state index contributed by atoms with van der Waals surface area (Å²) in [5.74, 6) is 2.25. The zero-order valence-electron chi connectivity index (χ0n) is 12.5. The van der Waals surface area contributed by atoms with E-state index in [0.717, 1.165) is 10.5 Å². The Labute approximate surface area is 151 Å². The zero-order valence-corrected chi connectivity index (χ0v) is 14.8. The SMILES string of the molecule is C#C/C(=C\C=C(\Cl)CC(F)(F)F)NC.O=Cc1cc(Br)ccc1O. The summed E-state index contributed by atoms with van der Waals surface area (Å²) in [6, 6.07) is 4.69. The van der Waals surface area contributed by atoms with Crippen LogP contribution in [0.2, 0.25) is 0 Å². The van der Waals surface area contributed by atoms with Gasteiger partial charge in [-0.15, -0.1) is 6.42 Å². The monoisotopic (exact) mass is 423 g/mol. The van der Waals surface area contributed by atoms with Crippen LogP contribution in [0, 0.1) is 12.3 Å². The number of nitrogens with one attached hydrogen (secondary N) is 1. The molecule has 0 radical (unpaired) electrons. The van der Waals surface area contributed by atoms with E-state index >= 15 is 0 Å². The molecule has 0 amide bonds. The maximum absolute atomic E-state index is 11.8. The Hall–Kier alpha value is -1.91. The van der Waals surface area contributed by atoms with Gasteiger partial charge in [0.1, 0.15) is 5.75 Å². The number of aldehydes is 1. The number of carbonyl (C=O) groups is 1. The molecule has 2 N–H and O–H groups in total. The maximum atomic E-state index is 11.8. The first kappa shape index (κ1) is 22.1. The smallest absolute Gasteiger partial charge is 0.393 e. The van der Waals surface area contributed by atoms with Crippen LogP contribution in [0.15, 0.2) is 45.6 Å². The molecule has 130 valence electrons. The number of phenolic OH excluding ortho intramolecular Hbond substituents is 1. The van der Waals surface area contributed by atoms with Crippen LogP contribution < -0.4 is 5.32 Å². The van der Waals surface area contributed by atoms with Crippen molar-refractivity contribution in [2.45, 2.75) is 12.6 Å². The first-order valence-electron chi connectivity index (χ1n) is 6.34. The molecular formula is C16H14BrClF3NO2. The molecule has 0 saturated carbocycles. The van der Waals surface area contributed by atoms with Crippen molar-refractivity contribution < 1.29 is 23.1 Å². The van der Waals surface area contributed by atoms with Crippen LogP contribution in [0.4, 0.5) is 13.2 Å². The van der Waals surface area contributed by atoms with Crippen molar-refractivity contribution in [3.05, 3.63) is 51.1 Å². The molecule has 0 aromatic heterocycles. The van der Waals surface area contributed by atoms with E-state index in [1.807, 2.05) is 0 Å². The van der Waals surface area contributed by atoms with Gasteiger partial charge in [0, 0.05) is 16.6 Å². The van der Waals surface area contributed by atoms with Crippen molar-refractivity contribution in [2.75, 3.05) is 7.05 Å². The molecule has 0 bridgehead atoms. The minimum absolute atomic E-state index is 0.0122. The summed E-state index contributed by atoms with van der Waals surface area (Å²) in [4.78, 5) is 10.2. The van der Waals surface area contributed by atoms with E-state index in [0.29, 0.717) is 17.5 Å². The second kappa shape index (κ2) is 10.8. The number of phenols is 1. The van der Waals surface area contributed by atoms with Gasteiger partial charge < -0.3 is 10.4 Å². The predicted molar refractivity (Wildman–Crippen MR) is 91.8 cm³/mol. The van der Waals surface area contributed by atoms with Crippen LogP contribution in [0.1, 0.15) is 16.8 Å². The van der Waals surface area contributed by atoms with Crippen LogP contribution in [-0.4, -0.2) is 24.6 Å². The Bertz CT molecular complexity index is 664. The first-order valence-corrected chi connectivity index (χ1v) is 7.51. The second-order valence-electron chi connectivity index (χ2n) is 4.20. The molecular weight excluding hydrogens is 411 g/mol. The maximum Gasteiger partial charge on any atom is 0.393 e. The standard InChI is InChI=1S/C9H9ClF3N.C7H5BrO2/c1-3-8(14-2)5-4-7(10)6-9(11,12)13;8-6-1-2-7(10)5(3-6)4-9/h1,4-5,14H,6H2,2H3;1-4,10H/b7-4+,8-5+;. The molecule has 0 aliphatic rings. The van der Waals surface area contributed by atoms with E-state index in [1.54, 1.807) is 19.2 Å². The van der Waals surface area contributed by atoms with Crippen molar-refractivity contribution in [2.24, 2.45) is 0 Å². The van der Waals surface area contributed by atoms with Gasteiger partial charge in [-0.25, -0.2) is 0 Å². The van der Waals surface area contributed by atoms with Crippen LogP contribution >= 0.6 is 27.5 Å². The first-order chi connectivity index (χ1) is 11.1. The summed E-state index contributed by atoms with van der Waals surface area (Å²) in [5.41, 5.74) is 0.666. The minimum Gasteiger partial charge on any atom is -0.507 e. The van der Waals surface area contributed by atoms with E-state index in [2.05, 4.69) is 27.2 Å². The second-order valence-corrected chi connectivity index (χ2v) is 5.60. The number of benzene rings is 1. The van der Waals surface area contributed by atoms with Gasteiger partial charge in [-0.2, -0.15) is 13.2 Å². The third-order valence-electron chi connectivity index (χ3n) is 2.34. The molecule has 0 saturated heterocycles. The molecule has 1 rings (SSSR count). The highest BCUT2D eigenvalue weighted by Crippen LogP contribution is 2.26.